The molecular weight excluding hydrogens is 436 g/mol. The van der Waals surface area contributed by atoms with E-state index < -0.39 is 4.92 Å². The summed E-state index contributed by atoms with van der Waals surface area (Å²) in [4.78, 5) is 17.4. The lowest BCUT2D eigenvalue weighted by molar-refractivity contribution is -0.384. The number of benzene rings is 2. The molecule has 5 rings (SSSR count). The van der Waals surface area contributed by atoms with Crippen LogP contribution in [0.25, 0.3) is 11.3 Å². The Bertz CT molecular complexity index is 1340. The molecule has 1 N–H and O–H groups in total. The number of thiocarbonyl (C=S) groups is 1. The Hall–Kier alpha value is -4.04. The molecule has 8 heteroatoms. The molecule has 2 aromatic carbocycles. The van der Waals surface area contributed by atoms with Crippen LogP contribution in [0.2, 0.25) is 0 Å². The number of aryl methyl sites for hydroxylation is 1. The minimum atomic E-state index is -0.413. The predicted octanol–water partition coefficient (Wildman–Crippen LogP) is 5.74. The third kappa shape index (κ3) is 3.96. The SMILES string of the molecule is Cc1cccc(N2C(=S)N[C@H](c3ccccn3)[C@@H]2c2ccc(-c3cccc([N+](=O)[O-])c3)o2)c1. The minimum Gasteiger partial charge on any atom is -0.459 e. The lowest BCUT2D eigenvalue weighted by Gasteiger charge is -2.26. The van der Waals surface area contributed by atoms with Crippen molar-refractivity contribution >= 4 is 28.7 Å². The summed E-state index contributed by atoms with van der Waals surface area (Å²) in [5, 5.41) is 15.2. The first-order chi connectivity index (χ1) is 16.0. The second kappa shape index (κ2) is 8.48. The second-order valence-electron chi connectivity index (χ2n) is 7.85. The van der Waals surface area contributed by atoms with Gasteiger partial charge < -0.3 is 14.6 Å². The number of hydrogen-bond acceptors (Lipinski definition) is 5. The molecule has 2 aromatic heterocycles. The Balaban J connectivity index is 1.59. The van der Waals surface area contributed by atoms with Crippen LogP contribution in [0.3, 0.4) is 0 Å². The van der Waals surface area contributed by atoms with Crippen molar-refractivity contribution in [3.05, 3.63) is 112 Å². The number of non-ortho nitro benzene ring substituents is 1. The van der Waals surface area contributed by atoms with Crippen molar-refractivity contribution in [1.82, 2.24) is 10.3 Å². The molecule has 0 saturated carbocycles. The first kappa shape index (κ1) is 20.8. The van der Waals surface area contributed by atoms with Gasteiger partial charge in [-0.3, -0.25) is 15.1 Å². The molecule has 0 spiro atoms. The largest absolute Gasteiger partial charge is 0.459 e. The number of nitrogens with zero attached hydrogens (tertiary/aromatic N) is 3. The molecule has 4 aromatic rings. The topological polar surface area (TPSA) is 84.4 Å². The lowest BCUT2D eigenvalue weighted by Crippen LogP contribution is -2.29. The Labute approximate surface area is 195 Å². The predicted molar refractivity (Wildman–Crippen MR) is 130 cm³/mol. The molecule has 0 aliphatic carbocycles. The molecule has 1 fully saturated rings. The Morgan fingerprint density at radius 2 is 1.91 bits per heavy atom. The van der Waals surface area contributed by atoms with Gasteiger partial charge in [-0.15, -0.1) is 0 Å². The molecule has 0 unspecified atom stereocenters. The number of rotatable bonds is 5. The number of hydrogen-bond donors (Lipinski definition) is 1. The van der Waals surface area contributed by atoms with E-state index in [2.05, 4.69) is 16.4 Å². The van der Waals surface area contributed by atoms with Crippen molar-refractivity contribution in [3.63, 3.8) is 0 Å². The third-order valence-corrected chi connectivity index (χ3v) is 5.95. The van der Waals surface area contributed by atoms with Gasteiger partial charge in [0.25, 0.3) is 5.69 Å². The van der Waals surface area contributed by atoms with Gasteiger partial charge in [-0.2, -0.15) is 0 Å². The summed E-state index contributed by atoms with van der Waals surface area (Å²) in [6.45, 7) is 2.04. The molecule has 3 heterocycles. The van der Waals surface area contributed by atoms with Crippen molar-refractivity contribution in [3.8, 4) is 11.3 Å². The van der Waals surface area contributed by atoms with Crippen molar-refractivity contribution in [1.29, 1.82) is 0 Å². The second-order valence-corrected chi connectivity index (χ2v) is 8.23. The normalized spacial score (nSPS) is 17.7. The van der Waals surface area contributed by atoms with E-state index >= 15 is 0 Å². The van der Waals surface area contributed by atoms with Crippen molar-refractivity contribution in [2.45, 2.75) is 19.0 Å². The first-order valence-electron chi connectivity index (χ1n) is 10.4. The van der Waals surface area contributed by atoms with Crippen LogP contribution in [0.15, 0.2) is 89.5 Å². The van der Waals surface area contributed by atoms with Crippen LogP contribution in [0.1, 0.15) is 29.1 Å². The van der Waals surface area contributed by atoms with Gasteiger partial charge in [0, 0.05) is 29.6 Å². The number of nitro groups is 1. The van der Waals surface area contributed by atoms with Gasteiger partial charge in [0.2, 0.25) is 0 Å². The van der Waals surface area contributed by atoms with Crippen molar-refractivity contribution in [2.24, 2.45) is 0 Å². The standard InChI is InChI=1S/C25H20N4O3S/c1-16-6-4-8-18(14-16)28-24(23(27-25(28)33)20-10-2-3-13-26-20)22-12-11-21(32-22)17-7-5-9-19(15-17)29(30)31/h2-15,23-24H,1H3,(H,27,33)/t23-,24+/m1/s1. The highest BCUT2D eigenvalue weighted by atomic mass is 32.1. The summed E-state index contributed by atoms with van der Waals surface area (Å²) in [5.41, 5.74) is 3.56. The number of nitro benzene ring substituents is 1. The summed E-state index contributed by atoms with van der Waals surface area (Å²) in [6.07, 6.45) is 1.75. The fourth-order valence-corrected chi connectivity index (χ4v) is 4.49. The molecule has 33 heavy (non-hydrogen) atoms. The third-order valence-electron chi connectivity index (χ3n) is 5.64. The molecule has 1 aliphatic heterocycles. The fourth-order valence-electron chi connectivity index (χ4n) is 4.14. The molecular formula is C25H20N4O3S. The van der Waals surface area contributed by atoms with E-state index in [0.717, 1.165) is 16.9 Å². The Kier molecular flexibility index (Phi) is 5.35. The van der Waals surface area contributed by atoms with Crippen LogP contribution in [0.4, 0.5) is 11.4 Å². The minimum absolute atomic E-state index is 0.0157. The number of nitrogens with one attached hydrogen (secondary N) is 1. The van der Waals surface area contributed by atoms with Crippen LogP contribution in [-0.4, -0.2) is 15.0 Å². The zero-order valence-corrected chi connectivity index (χ0v) is 18.5. The number of anilines is 1. The van der Waals surface area contributed by atoms with Gasteiger partial charge in [0.1, 0.15) is 17.6 Å². The van der Waals surface area contributed by atoms with Crippen LogP contribution in [-0.2, 0) is 0 Å². The maximum atomic E-state index is 11.2. The summed E-state index contributed by atoms with van der Waals surface area (Å²) in [5.74, 6) is 1.23. The van der Waals surface area contributed by atoms with Gasteiger partial charge in [0.15, 0.2) is 5.11 Å². The molecule has 164 valence electrons. The average Bonchev–Trinajstić information content (AvgIpc) is 3.44. The average molecular weight is 457 g/mol. The number of furan rings is 1. The fraction of sp³-hybridized carbons (Fsp3) is 0.120. The smallest absolute Gasteiger partial charge is 0.270 e. The summed E-state index contributed by atoms with van der Waals surface area (Å²) >= 11 is 5.74. The van der Waals surface area contributed by atoms with Crippen LogP contribution in [0, 0.1) is 17.0 Å². The molecule has 0 radical (unpaired) electrons. The summed E-state index contributed by atoms with van der Waals surface area (Å²) in [6, 6.07) is 23.5. The summed E-state index contributed by atoms with van der Waals surface area (Å²) < 4.78 is 6.28. The van der Waals surface area contributed by atoms with Gasteiger partial charge in [-0.25, -0.2) is 0 Å². The van der Waals surface area contributed by atoms with Crippen LogP contribution in [0.5, 0.6) is 0 Å². The van der Waals surface area contributed by atoms with Crippen molar-refractivity contribution in [2.75, 3.05) is 4.90 Å². The Morgan fingerprint density at radius 3 is 2.67 bits per heavy atom. The zero-order valence-electron chi connectivity index (χ0n) is 17.7. The molecule has 2 atom stereocenters. The maximum Gasteiger partial charge on any atom is 0.270 e. The zero-order chi connectivity index (χ0) is 22.9. The van der Waals surface area contributed by atoms with E-state index in [1.54, 1.807) is 18.3 Å². The van der Waals surface area contributed by atoms with E-state index in [1.165, 1.54) is 12.1 Å². The number of pyridine rings is 1. The number of aromatic nitrogens is 1. The highest BCUT2D eigenvalue weighted by Crippen LogP contribution is 2.43. The molecule has 1 saturated heterocycles. The van der Waals surface area contributed by atoms with Crippen LogP contribution < -0.4 is 10.2 Å². The van der Waals surface area contributed by atoms with Gasteiger partial charge in [-0.1, -0.05) is 30.3 Å². The monoisotopic (exact) mass is 456 g/mol. The molecule has 7 nitrogen and oxygen atoms in total. The first-order valence-corrected chi connectivity index (χ1v) is 10.8. The molecule has 0 amide bonds. The highest BCUT2D eigenvalue weighted by Gasteiger charge is 2.42. The lowest BCUT2D eigenvalue weighted by atomic mass is 10.0. The highest BCUT2D eigenvalue weighted by molar-refractivity contribution is 7.80. The molecule has 0 bridgehead atoms. The van der Waals surface area contributed by atoms with E-state index in [0.29, 0.717) is 22.2 Å². The van der Waals surface area contributed by atoms with Crippen LogP contribution >= 0.6 is 12.2 Å². The van der Waals surface area contributed by atoms with Gasteiger partial charge in [-0.05, 0) is 61.1 Å². The van der Waals surface area contributed by atoms with Gasteiger partial charge in [0.05, 0.1) is 16.7 Å². The summed E-state index contributed by atoms with van der Waals surface area (Å²) in [7, 11) is 0. The van der Waals surface area contributed by atoms with E-state index in [-0.39, 0.29) is 17.8 Å². The van der Waals surface area contributed by atoms with E-state index in [4.69, 9.17) is 16.6 Å². The maximum absolute atomic E-state index is 11.2. The van der Waals surface area contributed by atoms with E-state index in [9.17, 15) is 10.1 Å². The van der Waals surface area contributed by atoms with Gasteiger partial charge >= 0.3 is 0 Å². The Morgan fingerprint density at radius 1 is 1.06 bits per heavy atom. The molecule has 1 aliphatic rings. The van der Waals surface area contributed by atoms with E-state index in [1.807, 2.05) is 60.4 Å². The quantitative estimate of drug-likeness (QED) is 0.233. The van der Waals surface area contributed by atoms with Crippen molar-refractivity contribution < 1.29 is 9.34 Å².